The Morgan fingerprint density at radius 3 is 2.88 bits per heavy atom. The van der Waals surface area contributed by atoms with Gasteiger partial charge in [0.2, 0.25) is 0 Å². The molecule has 4 heteroatoms. The highest BCUT2D eigenvalue weighted by molar-refractivity contribution is 4.66. The van der Waals surface area contributed by atoms with Crippen LogP contribution in [0.5, 0.6) is 0 Å². The van der Waals surface area contributed by atoms with E-state index < -0.39 is 6.10 Å². The fraction of sp³-hybridized carbons (Fsp3) is 1.00. The first-order valence-electron chi connectivity index (χ1n) is 6.80. The molecule has 0 aromatic rings. The van der Waals surface area contributed by atoms with Crippen molar-refractivity contribution >= 4 is 0 Å². The first-order valence-corrected chi connectivity index (χ1v) is 6.80. The number of aliphatic hydroxyl groups is 1. The zero-order chi connectivity index (χ0) is 12.5. The van der Waals surface area contributed by atoms with E-state index in [1.165, 1.54) is 19.3 Å². The first-order chi connectivity index (χ1) is 8.18. The predicted octanol–water partition coefficient (Wildman–Crippen LogP) is 1.32. The van der Waals surface area contributed by atoms with E-state index in [1.54, 1.807) is 0 Å². The van der Waals surface area contributed by atoms with Crippen LogP contribution in [0.4, 0.5) is 0 Å². The molecule has 0 amide bonds. The number of hydrogen-bond donors (Lipinski definition) is 2. The highest BCUT2D eigenvalue weighted by Gasteiger charge is 2.13. The van der Waals surface area contributed by atoms with Crippen LogP contribution in [-0.4, -0.2) is 49.7 Å². The molecule has 0 radical (unpaired) electrons. The van der Waals surface area contributed by atoms with Gasteiger partial charge in [0.1, 0.15) is 0 Å². The Kier molecular flexibility index (Phi) is 7.77. The fourth-order valence-corrected chi connectivity index (χ4v) is 1.93. The van der Waals surface area contributed by atoms with Gasteiger partial charge < -0.3 is 19.9 Å². The van der Waals surface area contributed by atoms with Crippen LogP contribution in [0.25, 0.3) is 0 Å². The van der Waals surface area contributed by atoms with Gasteiger partial charge in [0.05, 0.1) is 24.9 Å². The van der Waals surface area contributed by atoms with Crippen LogP contribution in [0.3, 0.4) is 0 Å². The van der Waals surface area contributed by atoms with E-state index in [2.05, 4.69) is 5.32 Å². The van der Waals surface area contributed by atoms with E-state index in [1.807, 2.05) is 13.8 Å². The predicted molar refractivity (Wildman–Crippen MR) is 68.2 cm³/mol. The topological polar surface area (TPSA) is 50.7 Å². The Morgan fingerprint density at radius 2 is 2.24 bits per heavy atom. The third-order valence-corrected chi connectivity index (χ3v) is 2.92. The van der Waals surface area contributed by atoms with E-state index >= 15 is 0 Å². The molecule has 102 valence electrons. The van der Waals surface area contributed by atoms with Crippen molar-refractivity contribution < 1.29 is 14.6 Å². The lowest BCUT2D eigenvalue weighted by Gasteiger charge is -2.22. The number of hydrogen-bond acceptors (Lipinski definition) is 4. The van der Waals surface area contributed by atoms with Crippen LogP contribution in [0, 0.1) is 0 Å². The Balaban J connectivity index is 1.92. The number of rotatable bonds is 8. The molecule has 1 saturated heterocycles. The second-order valence-corrected chi connectivity index (χ2v) is 5.02. The molecular formula is C13H27NO3. The summed E-state index contributed by atoms with van der Waals surface area (Å²) in [7, 11) is 0. The van der Waals surface area contributed by atoms with Crippen molar-refractivity contribution in [3.05, 3.63) is 0 Å². The Labute approximate surface area is 105 Å². The van der Waals surface area contributed by atoms with Gasteiger partial charge in [-0.05, 0) is 46.1 Å². The molecule has 1 rings (SSSR count). The van der Waals surface area contributed by atoms with E-state index in [9.17, 15) is 5.11 Å². The minimum absolute atomic E-state index is 0.181. The van der Waals surface area contributed by atoms with Crippen LogP contribution in [0.15, 0.2) is 0 Å². The number of aliphatic hydroxyl groups excluding tert-OH is 1. The summed E-state index contributed by atoms with van der Waals surface area (Å²) in [5.41, 5.74) is 0. The molecule has 2 atom stereocenters. The average molecular weight is 245 g/mol. The summed E-state index contributed by atoms with van der Waals surface area (Å²) < 4.78 is 11.0. The molecule has 1 fully saturated rings. The smallest absolute Gasteiger partial charge is 0.0897 e. The molecule has 2 N–H and O–H groups in total. The Morgan fingerprint density at radius 1 is 1.41 bits per heavy atom. The van der Waals surface area contributed by atoms with Gasteiger partial charge in [0.25, 0.3) is 0 Å². The van der Waals surface area contributed by atoms with Gasteiger partial charge in [-0.15, -0.1) is 0 Å². The fourth-order valence-electron chi connectivity index (χ4n) is 1.93. The van der Waals surface area contributed by atoms with Crippen molar-refractivity contribution in [1.82, 2.24) is 5.32 Å². The maximum Gasteiger partial charge on any atom is 0.0897 e. The molecule has 2 unspecified atom stereocenters. The van der Waals surface area contributed by atoms with Crippen molar-refractivity contribution in [2.75, 3.05) is 26.3 Å². The molecule has 0 bridgehead atoms. The first kappa shape index (κ1) is 14.9. The van der Waals surface area contributed by atoms with E-state index in [0.29, 0.717) is 19.3 Å². The SMILES string of the molecule is CC(C)OCC(O)CNCCC1CCCCO1. The molecule has 1 aliphatic heterocycles. The molecule has 0 aromatic heterocycles. The van der Waals surface area contributed by atoms with Gasteiger partial charge in [-0.25, -0.2) is 0 Å². The monoisotopic (exact) mass is 245 g/mol. The van der Waals surface area contributed by atoms with Crippen LogP contribution in [0.2, 0.25) is 0 Å². The molecule has 1 heterocycles. The van der Waals surface area contributed by atoms with E-state index in [-0.39, 0.29) is 6.10 Å². The standard InChI is InChI=1S/C13H27NO3/c1-11(2)17-10-12(15)9-14-7-6-13-5-3-4-8-16-13/h11-15H,3-10H2,1-2H3. The molecule has 0 aliphatic carbocycles. The van der Waals surface area contributed by atoms with Gasteiger partial charge in [-0.2, -0.15) is 0 Å². The highest BCUT2D eigenvalue weighted by atomic mass is 16.5. The van der Waals surface area contributed by atoms with Crippen molar-refractivity contribution in [3.63, 3.8) is 0 Å². The van der Waals surface area contributed by atoms with Crippen molar-refractivity contribution in [1.29, 1.82) is 0 Å². The molecule has 0 aromatic carbocycles. The quantitative estimate of drug-likeness (QED) is 0.633. The lowest BCUT2D eigenvalue weighted by molar-refractivity contribution is 0.00207. The zero-order valence-electron chi connectivity index (χ0n) is 11.2. The Bertz CT molecular complexity index is 182. The maximum absolute atomic E-state index is 9.62. The summed E-state index contributed by atoms with van der Waals surface area (Å²) >= 11 is 0. The summed E-state index contributed by atoms with van der Waals surface area (Å²) in [5, 5.41) is 12.9. The summed E-state index contributed by atoms with van der Waals surface area (Å²) in [4.78, 5) is 0. The maximum atomic E-state index is 9.62. The number of nitrogens with one attached hydrogen (secondary N) is 1. The average Bonchev–Trinajstić information content (AvgIpc) is 2.33. The highest BCUT2D eigenvalue weighted by Crippen LogP contribution is 2.14. The van der Waals surface area contributed by atoms with Crippen molar-refractivity contribution in [2.24, 2.45) is 0 Å². The van der Waals surface area contributed by atoms with Gasteiger partial charge >= 0.3 is 0 Å². The molecular weight excluding hydrogens is 218 g/mol. The van der Waals surface area contributed by atoms with E-state index in [0.717, 1.165) is 19.6 Å². The van der Waals surface area contributed by atoms with Crippen LogP contribution in [0.1, 0.15) is 39.5 Å². The molecule has 17 heavy (non-hydrogen) atoms. The van der Waals surface area contributed by atoms with Crippen LogP contribution >= 0.6 is 0 Å². The summed E-state index contributed by atoms with van der Waals surface area (Å²) in [6.45, 7) is 6.77. The summed E-state index contributed by atoms with van der Waals surface area (Å²) in [6, 6.07) is 0. The Hall–Kier alpha value is -0.160. The molecule has 0 saturated carbocycles. The third kappa shape index (κ3) is 7.71. The van der Waals surface area contributed by atoms with Crippen molar-refractivity contribution in [2.45, 2.75) is 57.8 Å². The molecule has 0 spiro atoms. The molecule has 1 aliphatic rings. The van der Waals surface area contributed by atoms with Gasteiger partial charge in [-0.3, -0.25) is 0 Å². The third-order valence-electron chi connectivity index (χ3n) is 2.92. The second-order valence-electron chi connectivity index (χ2n) is 5.02. The number of ether oxygens (including phenoxy) is 2. The summed E-state index contributed by atoms with van der Waals surface area (Å²) in [6.07, 6.45) is 4.90. The van der Waals surface area contributed by atoms with E-state index in [4.69, 9.17) is 9.47 Å². The van der Waals surface area contributed by atoms with Crippen LogP contribution < -0.4 is 5.32 Å². The summed E-state index contributed by atoms with van der Waals surface area (Å²) in [5.74, 6) is 0. The lowest BCUT2D eigenvalue weighted by Crippen LogP contribution is -2.33. The van der Waals surface area contributed by atoms with Gasteiger partial charge in [-0.1, -0.05) is 0 Å². The minimum Gasteiger partial charge on any atom is -0.389 e. The molecule has 4 nitrogen and oxygen atoms in total. The van der Waals surface area contributed by atoms with Gasteiger partial charge in [0.15, 0.2) is 0 Å². The normalized spacial score (nSPS) is 22.9. The second kappa shape index (κ2) is 8.86. The minimum atomic E-state index is -0.412. The largest absolute Gasteiger partial charge is 0.389 e. The zero-order valence-corrected chi connectivity index (χ0v) is 11.2. The van der Waals surface area contributed by atoms with Crippen molar-refractivity contribution in [3.8, 4) is 0 Å². The van der Waals surface area contributed by atoms with Crippen LogP contribution in [-0.2, 0) is 9.47 Å². The lowest BCUT2D eigenvalue weighted by atomic mass is 10.1. The van der Waals surface area contributed by atoms with Gasteiger partial charge in [0, 0.05) is 13.2 Å².